The molecule has 104 valence electrons. The average molecular weight is 282 g/mol. The maximum atomic E-state index is 13.2. The minimum Gasteiger partial charge on any atom is -0.464 e. The SMILES string of the molecule is O=C(O)NNC(=O)c1cc(OC(F)(F)F)ccc1F. The van der Waals surface area contributed by atoms with Gasteiger partial charge in [0.1, 0.15) is 11.6 Å². The van der Waals surface area contributed by atoms with E-state index in [9.17, 15) is 27.2 Å². The molecule has 1 rings (SSSR count). The Morgan fingerprint density at radius 1 is 1.21 bits per heavy atom. The number of carboxylic acid groups (broad SMARTS) is 1. The summed E-state index contributed by atoms with van der Waals surface area (Å²) in [5, 5.41) is 8.19. The number of hydrogen-bond donors (Lipinski definition) is 3. The van der Waals surface area contributed by atoms with Crippen molar-refractivity contribution in [3.63, 3.8) is 0 Å². The molecule has 0 saturated carbocycles. The van der Waals surface area contributed by atoms with E-state index >= 15 is 0 Å². The number of nitrogens with one attached hydrogen (secondary N) is 2. The first-order valence-corrected chi connectivity index (χ1v) is 4.53. The molecule has 0 aliphatic carbocycles. The van der Waals surface area contributed by atoms with Crippen LogP contribution in [-0.2, 0) is 0 Å². The predicted molar refractivity (Wildman–Crippen MR) is 51.7 cm³/mol. The number of carbonyl (C=O) groups excluding carboxylic acids is 1. The van der Waals surface area contributed by atoms with E-state index < -0.39 is 35.5 Å². The number of hydrazine groups is 1. The maximum absolute atomic E-state index is 13.2. The monoisotopic (exact) mass is 282 g/mol. The molecular weight excluding hydrogens is 276 g/mol. The molecule has 0 radical (unpaired) electrons. The van der Waals surface area contributed by atoms with Crippen LogP contribution in [0.2, 0.25) is 0 Å². The fraction of sp³-hybridized carbons (Fsp3) is 0.111. The first-order chi connectivity index (χ1) is 8.69. The number of hydrogen-bond acceptors (Lipinski definition) is 3. The van der Waals surface area contributed by atoms with Crippen LogP contribution in [0.15, 0.2) is 18.2 Å². The predicted octanol–water partition coefficient (Wildman–Crippen LogP) is 1.64. The van der Waals surface area contributed by atoms with E-state index in [0.717, 1.165) is 0 Å². The van der Waals surface area contributed by atoms with Gasteiger partial charge in [-0.05, 0) is 18.2 Å². The molecule has 10 heteroatoms. The second-order valence-electron chi connectivity index (χ2n) is 3.07. The van der Waals surface area contributed by atoms with Crippen molar-refractivity contribution < 1.29 is 37.0 Å². The normalized spacial score (nSPS) is 10.7. The third-order valence-corrected chi connectivity index (χ3v) is 1.70. The van der Waals surface area contributed by atoms with E-state index in [1.54, 1.807) is 5.43 Å². The Morgan fingerprint density at radius 2 is 1.84 bits per heavy atom. The Balaban J connectivity index is 2.91. The van der Waals surface area contributed by atoms with Gasteiger partial charge < -0.3 is 9.84 Å². The van der Waals surface area contributed by atoms with Crippen molar-refractivity contribution in [2.45, 2.75) is 6.36 Å². The van der Waals surface area contributed by atoms with Gasteiger partial charge in [-0.15, -0.1) is 13.2 Å². The van der Waals surface area contributed by atoms with E-state index in [2.05, 4.69) is 4.74 Å². The molecule has 0 fully saturated rings. The molecule has 0 aliphatic heterocycles. The van der Waals surface area contributed by atoms with Crippen LogP contribution in [0.1, 0.15) is 10.4 Å². The number of ether oxygens (including phenoxy) is 1. The summed E-state index contributed by atoms with van der Waals surface area (Å²) in [6, 6.07) is 1.74. The van der Waals surface area contributed by atoms with Crippen molar-refractivity contribution in [1.82, 2.24) is 10.9 Å². The van der Waals surface area contributed by atoms with Gasteiger partial charge in [0.05, 0.1) is 5.56 Å². The van der Waals surface area contributed by atoms with E-state index in [1.807, 2.05) is 0 Å². The molecular formula is C9H6F4N2O4. The lowest BCUT2D eigenvalue weighted by molar-refractivity contribution is -0.274. The van der Waals surface area contributed by atoms with Gasteiger partial charge >= 0.3 is 12.5 Å². The standard InChI is InChI=1S/C9H6F4N2O4/c10-6-2-1-4(19-9(11,12)13)3-5(6)7(16)14-15-8(17)18/h1-3,15H,(H,14,16)(H,17,18). The number of carbonyl (C=O) groups is 2. The summed E-state index contributed by atoms with van der Waals surface area (Å²) in [6.45, 7) is 0. The summed E-state index contributed by atoms with van der Waals surface area (Å²) in [6.07, 6.45) is -6.62. The van der Waals surface area contributed by atoms with E-state index in [0.29, 0.717) is 18.2 Å². The minimum atomic E-state index is -5.00. The molecule has 3 N–H and O–H groups in total. The molecule has 0 aromatic heterocycles. The summed E-state index contributed by atoms with van der Waals surface area (Å²) in [4.78, 5) is 21.4. The van der Waals surface area contributed by atoms with Crippen LogP contribution in [-0.4, -0.2) is 23.5 Å². The lowest BCUT2D eigenvalue weighted by Crippen LogP contribution is -2.41. The van der Waals surface area contributed by atoms with Gasteiger partial charge in [0.15, 0.2) is 0 Å². The second kappa shape index (κ2) is 5.42. The molecule has 0 unspecified atom stereocenters. The highest BCUT2D eigenvalue weighted by Gasteiger charge is 2.31. The summed E-state index contributed by atoms with van der Waals surface area (Å²) >= 11 is 0. The molecule has 1 aromatic rings. The highest BCUT2D eigenvalue weighted by Crippen LogP contribution is 2.24. The molecule has 0 heterocycles. The van der Waals surface area contributed by atoms with Crippen LogP contribution >= 0.6 is 0 Å². The molecule has 2 amide bonds. The van der Waals surface area contributed by atoms with Gasteiger partial charge in [0.2, 0.25) is 0 Å². The third kappa shape index (κ3) is 4.69. The zero-order chi connectivity index (χ0) is 14.6. The Bertz CT molecular complexity index is 503. The van der Waals surface area contributed by atoms with Gasteiger partial charge in [-0.25, -0.2) is 14.6 Å². The molecule has 1 aromatic carbocycles. The average Bonchev–Trinajstić information content (AvgIpc) is 2.26. The van der Waals surface area contributed by atoms with Crippen molar-refractivity contribution in [2.75, 3.05) is 0 Å². The second-order valence-corrected chi connectivity index (χ2v) is 3.07. The van der Waals surface area contributed by atoms with Gasteiger partial charge in [-0.1, -0.05) is 0 Å². The van der Waals surface area contributed by atoms with E-state index in [1.165, 1.54) is 5.43 Å². The smallest absolute Gasteiger partial charge is 0.464 e. The first kappa shape index (κ1) is 14.5. The Labute approximate surface area is 102 Å². The fourth-order valence-electron chi connectivity index (χ4n) is 1.05. The van der Waals surface area contributed by atoms with Crippen LogP contribution in [0.3, 0.4) is 0 Å². The van der Waals surface area contributed by atoms with Crippen LogP contribution in [0.25, 0.3) is 0 Å². The van der Waals surface area contributed by atoms with Crippen molar-refractivity contribution in [2.24, 2.45) is 0 Å². The number of amides is 2. The van der Waals surface area contributed by atoms with Gasteiger partial charge in [0, 0.05) is 0 Å². The van der Waals surface area contributed by atoms with Crippen molar-refractivity contribution in [3.8, 4) is 5.75 Å². The third-order valence-electron chi connectivity index (χ3n) is 1.70. The quantitative estimate of drug-likeness (QED) is 0.568. The minimum absolute atomic E-state index is 0.488. The number of benzene rings is 1. The number of alkyl halides is 3. The van der Waals surface area contributed by atoms with E-state index in [4.69, 9.17) is 5.11 Å². The fourth-order valence-corrected chi connectivity index (χ4v) is 1.05. The molecule has 0 bridgehead atoms. The van der Waals surface area contributed by atoms with Crippen LogP contribution in [0.4, 0.5) is 22.4 Å². The Kier molecular flexibility index (Phi) is 4.14. The maximum Gasteiger partial charge on any atom is 0.573 e. The highest BCUT2D eigenvalue weighted by molar-refractivity contribution is 5.95. The highest BCUT2D eigenvalue weighted by atomic mass is 19.4. The van der Waals surface area contributed by atoms with Crippen molar-refractivity contribution in [1.29, 1.82) is 0 Å². The Hall–Kier alpha value is -2.52. The molecule has 0 atom stereocenters. The summed E-state index contributed by atoms with van der Waals surface area (Å²) < 4.78 is 52.5. The van der Waals surface area contributed by atoms with Gasteiger partial charge in [-0.2, -0.15) is 0 Å². The van der Waals surface area contributed by atoms with Crippen molar-refractivity contribution >= 4 is 12.0 Å². The molecule has 0 spiro atoms. The molecule has 19 heavy (non-hydrogen) atoms. The lowest BCUT2D eigenvalue weighted by Gasteiger charge is -2.10. The van der Waals surface area contributed by atoms with Crippen LogP contribution < -0.4 is 15.6 Å². The lowest BCUT2D eigenvalue weighted by atomic mass is 10.2. The van der Waals surface area contributed by atoms with Crippen LogP contribution in [0.5, 0.6) is 5.75 Å². The summed E-state index contributed by atoms with van der Waals surface area (Å²) in [5.41, 5.74) is 2.18. The van der Waals surface area contributed by atoms with E-state index in [-0.39, 0.29) is 0 Å². The first-order valence-electron chi connectivity index (χ1n) is 4.53. The summed E-state index contributed by atoms with van der Waals surface area (Å²) in [7, 11) is 0. The molecule has 6 nitrogen and oxygen atoms in total. The topological polar surface area (TPSA) is 87.7 Å². The van der Waals surface area contributed by atoms with Crippen molar-refractivity contribution in [3.05, 3.63) is 29.6 Å². The largest absolute Gasteiger partial charge is 0.573 e. The van der Waals surface area contributed by atoms with Gasteiger partial charge in [-0.3, -0.25) is 10.2 Å². The zero-order valence-corrected chi connectivity index (χ0v) is 8.92. The number of halogens is 4. The molecule has 0 saturated heterocycles. The molecule has 0 aliphatic rings. The Morgan fingerprint density at radius 3 is 2.37 bits per heavy atom. The van der Waals surface area contributed by atoms with Gasteiger partial charge in [0.25, 0.3) is 5.91 Å². The zero-order valence-electron chi connectivity index (χ0n) is 8.92. The van der Waals surface area contributed by atoms with Crippen LogP contribution in [0, 0.1) is 5.82 Å². The number of rotatable bonds is 2. The summed E-state index contributed by atoms with van der Waals surface area (Å²) in [5.74, 6) is -3.22.